The lowest BCUT2D eigenvalue weighted by Crippen LogP contribution is -2.39. The first-order valence-electron chi connectivity index (χ1n) is 5.39. The van der Waals surface area contributed by atoms with Crippen LogP contribution in [0.4, 0.5) is 4.79 Å². The van der Waals surface area contributed by atoms with Crippen LogP contribution < -0.4 is 11.1 Å². The van der Waals surface area contributed by atoms with E-state index < -0.39 is 6.03 Å². The molecule has 1 unspecified atom stereocenters. The maximum atomic E-state index is 11.1. The Kier molecular flexibility index (Phi) is 4.55. The fraction of sp³-hybridized carbons (Fsp3) is 0.800. The van der Waals surface area contributed by atoms with Gasteiger partial charge in [-0.05, 0) is 25.3 Å². The van der Waals surface area contributed by atoms with E-state index in [0.29, 0.717) is 18.9 Å². The molecule has 0 radical (unpaired) electrons. The van der Waals surface area contributed by atoms with Crippen LogP contribution in [0.3, 0.4) is 0 Å². The molecule has 0 aromatic heterocycles. The van der Waals surface area contributed by atoms with Gasteiger partial charge in [0.05, 0.1) is 0 Å². The summed E-state index contributed by atoms with van der Waals surface area (Å²) in [4.78, 5) is 23.8. The van der Waals surface area contributed by atoms with Crippen LogP contribution in [-0.4, -0.2) is 36.5 Å². The number of hydrogen-bond donors (Lipinski definition) is 2. The number of carbonyl (C=O) groups excluding carboxylic acids is 2. The lowest BCUT2D eigenvalue weighted by molar-refractivity contribution is -0.120. The van der Waals surface area contributed by atoms with Crippen molar-refractivity contribution >= 4 is 11.9 Å². The number of amides is 3. The van der Waals surface area contributed by atoms with E-state index in [1.807, 2.05) is 0 Å². The second-order valence-corrected chi connectivity index (χ2v) is 4.21. The van der Waals surface area contributed by atoms with Crippen molar-refractivity contribution in [3.8, 4) is 0 Å². The molecule has 0 bridgehead atoms. The van der Waals surface area contributed by atoms with E-state index in [2.05, 4.69) is 17.1 Å². The molecule has 1 aliphatic heterocycles. The van der Waals surface area contributed by atoms with Crippen molar-refractivity contribution in [2.75, 3.05) is 19.6 Å². The number of nitrogens with zero attached hydrogens (tertiary/aromatic N) is 1. The monoisotopic (exact) mass is 213 g/mol. The Balaban J connectivity index is 2.18. The van der Waals surface area contributed by atoms with Gasteiger partial charge < -0.3 is 10.6 Å². The number of primary amides is 1. The van der Waals surface area contributed by atoms with Gasteiger partial charge in [0.1, 0.15) is 0 Å². The molecule has 5 heteroatoms. The Bertz CT molecular complexity index is 243. The number of hydrogen-bond acceptors (Lipinski definition) is 3. The molecule has 3 amide bonds. The lowest BCUT2D eigenvalue weighted by Gasteiger charge is -2.30. The third-order valence-electron chi connectivity index (χ3n) is 2.66. The number of nitrogens with two attached hydrogens (primary N) is 1. The number of rotatable bonds is 3. The summed E-state index contributed by atoms with van der Waals surface area (Å²) in [6, 6.07) is -0.771. The van der Waals surface area contributed by atoms with E-state index in [0.717, 1.165) is 13.1 Å². The van der Waals surface area contributed by atoms with Gasteiger partial charge in [-0.3, -0.25) is 10.1 Å². The van der Waals surface area contributed by atoms with Crippen LogP contribution in [0.25, 0.3) is 0 Å². The Morgan fingerprint density at radius 2 is 2.27 bits per heavy atom. The van der Waals surface area contributed by atoms with Crippen LogP contribution in [0.1, 0.15) is 26.2 Å². The van der Waals surface area contributed by atoms with Gasteiger partial charge in [0, 0.05) is 19.5 Å². The van der Waals surface area contributed by atoms with Gasteiger partial charge in [0.2, 0.25) is 5.91 Å². The fourth-order valence-corrected chi connectivity index (χ4v) is 1.95. The zero-order chi connectivity index (χ0) is 11.3. The molecule has 1 rings (SSSR count). The van der Waals surface area contributed by atoms with Gasteiger partial charge in [-0.15, -0.1) is 0 Å². The van der Waals surface area contributed by atoms with Crippen molar-refractivity contribution < 1.29 is 9.59 Å². The molecular formula is C10H19N3O2. The van der Waals surface area contributed by atoms with Gasteiger partial charge >= 0.3 is 6.03 Å². The van der Waals surface area contributed by atoms with E-state index in [1.54, 1.807) is 0 Å². The van der Waals surface area contributed by atoms with Crippen molar-refractivity contribution in [2.45, 2.75) is 26.2 Å². The second kappa shape index (κ2) is 5.70. The number of urea groups is 1. The van der Waals surface area contributed by atoms with Crippen LogP contribution >= 0.6 is 0 Å². The van der Waals surface area contributed by atoms with Crippen LogP contribution in [0.2, 0.25) is 0 Å². The molecule has 0 saturated carbocycles. The molecule has 3 N–H and O–H groups in total. The minimum Gasteiger partial charge on any atom is -0.351 e. The van der Waals surface area contributed by atoms with Gasteiger partial charge in [0.15, 0.2) is 0 Å². The summed E-state index contributed by atoms with van der Waals surface area (Å²) in [5.74, 6) is 0.415. The van der Waals surface area contributed by atoms with Gasteiger partial charge in [0.25, 0.3) is 0 Å². The highest BCUT2D eigenvalue weighted by Gasteiger charge is 2.16. The van der Waals surface area contributed by atoms with Gasteiger partial charge in [-0.1, -0.05) is 6.92 Å². The second-order valence-electron chi connectivity index (χ2n) is 4.21. The predicted octanol–water partition coefficient (Wildman–Crippen LogP) is 0.303. The quantitative estimate of drug-likeness (QED) is 0.708. The minimum absolute atomic E-state index is 0.291. The fourth-order valence-electron chi connectivity index (χ4n) is 1.95. The SMILES string of the molecule is CC1CCCN(CCC(=O)NC(N)=O)C1. The third kappa shape index (κ3) is 4.78. The Morgan fingerprint density at radius 3 is 2.87 bits per heavy atom. The standard InChI is InChI=1S/C10H19N3O2/c1-8-3-2-5-13(7-8)6-4-9(14)12-10(11)15/h8H,2-7H2,1H3,(H3,11,12,14,15). The molecule has 5 nitrogen and oxygen atoms in total. The maximum Gasteiger partial charge on any atom is 0.318 e. The molecule has 1 fully saturated rings. The van der Waals surface area contributed by atoms with Crippen LogP contribution in [0.15, 0.2) is 0 Å². The Labute approximate surface area is 90.0 Å². The van der Waals surface area contributed by atoms with E-state index >= 15 is 0 Å². The third-order valence-corrected chi connectivity index (χ3v) is 2.66. The summed E-state index contributed by atoms with van der Waals surface area (Å²) in [5.41, 5.74) is 4.84. The normalized spacial score (nSPS) is 22.3. The number of likely N-dealkylation sites (tertiary alicyclic amines) is 1. The first-order valence-corrected chi connectivity index (χ1v) is 5.39. The van der Waals surface area contributed by atoms with Crippen LogP contribution in [0.5, 0.6) is 0 Å². The van der Waals surface area contributed by atoms with E-state index in [-0.39, 0.29) is 5.91 Å². The van der Waals surface area contributed by atoms with Crippen LogP contribution in [0, 0.1) is 5.92 Å². The molecule has 1 saturated heterocycles. The van der Waals surface area contributed by atoms with E-state index in [4.69, 9.17) is 5.73 Å². The largest absolute Gasteiger partial charge is 0.351 e. The van der Waals surface area contributed by atoms with E-state index in [1.165, 1.54) is 12.8 Å². The van der Waals surface area contributed by atoms with Crippen molar-refractivity contribution in [1.82, 2.24) is 10.2 Å². The number of imide groups is 1. The average molecular weight is 213 g/mol. The Morgan fingerprint density at radius 1 is 1.53 bits per heavy atom. The molecule has 0 aliphatic carbocycles. The maximum absolute atomic E-state index is 11.1. The van der Waals surface area contributed by atoms with Crippen molar-refractivity contribution in [1.29, 1.82) is 0 Å². The van der Waals surface area contributed by atoms with Crippen molar-refractivity contribution in [2.24, 2.45) is 11.7 Å². The number of carbonyl (C=O) groups is 2. The molecule has 1 heterocycles. The van der Waals surface area contributed by atoms with E-state index in [9.17, 15) is 9.59 Å². The lowest BCUT2D eigenvalue weighted by atomic mass is 10.0. The molecule has 1 atom stereocenters. The molecule has 0 aromatic rings. The molecule has 0 aromatic carbocycles. The summed E-state index contributed by atoms with van der Waals surface area (Å²) in [7, 11) is 0. The van der Waals surface area contributed by atoms with Crippen LogP contribution in [-0.2, 0) is 4.79 Å². The topological polar surface area (TPSA) is 75.4 Å². The van der Waals surface area contributed by atoms with Gasteiger partial charge in [-0.2, -0.15) is 0 Å². The highest BCUT2D eigenvalue weighted by Crippen LogP contribution is 2.15. The molecule has 1 aliphatic rings. The average Bonchev–Trinajstić information content (AvgIpc) is 2.14. The van der Waals surface area contributed by atoms with Crippen molar-refractivity contribution in [3.05, 3.63) is 0 Å². The highest BCUT2D eigenvalue weighted by atomic mass is 16.2. The minimum atomic E-state index is -0.771. The van der Waals surface area contributed by atoms with Crippen molar-refractivity contribution in [3.63, 3.8) is 0 Å². The summed E-state index contributed by atoms with van der Waals surface area (Å²) in [5, 5.41) is 2.07. The summed E-state index contributed by atoms with van der Waals surface area (Å²) < 4.78 is 0. The smallest absolute Gasteiger partial charge is 0.318 e. The molecule has 15 heavy (non-hydrogen) atoms. The zero-order valence-corrected chi connectivity index (χ0v) is 9.16. The highest BCUT2D eigenvalue weighted by molar-refractivity contribution is 5.93. The zero-order valence-electron chi connectivity index (χ0n) is 9.16. The first-order chi connectivity index (χ1) is 7.08. The number of piperidine rings is 1. The predicted molar refractivity (Wildman–Crippen MR) is 57.2 cm³/mol. The summed E-state index contributed by atoms with van der Waals surface area (Å²) in [6.07, 6.45) is 2.80. The molecular weight excluding hydrogens is 194 g/mol. The molecule has 86 valence electrons. The Hall–Kier alpha value is -1.10. The summed E-state index contributed by atoms with van der Waals surface area (Å²) in [6.45, 7) is 5.02. The first kappa shape index (κ1) is 12.0. The van der Waals surface area contributed by atoms with Gasteiger partial charge in [-0.25, -0.2) is 4.79 Å². The molecule has 0 spiro atoms. The number of nitrogens with one attached hydrogen (secondary N) is 1. The summed E-state index contributed by atoms with van der Waals surface area (Å²) >= 11 is 0.